The van der Waals surface area contributed by atoms with Crippen LogP contribution >= 0.6 is 0 Å². The molecule has 0 aliphatic carbocycles. The lowest BCUT2D eigenvalue weighted by Crippen LogP contribution is -1.96. The molecule has 2 heteroatoms. The fourth-order valence-corrected chi connectivity index (χ4v) is 6.25. The molecule has 7 rings (SSSR count). The Morgan fingerprint density at radius 2 is 1.10 bits per heavy atom. The van der Waals surface area contributed by atoms with Crippen LogP contribution in [0, 0.1) is 5.41 Å². The molecular weight excluding hydrogens is 496 g/mol. The Balaban J connectivity index is 1.58. The lowest BCUT2D eigenvalue weighted by atomic mass is 9.83. The molecule has 0 bridgehead atoms. The first-order valence-electron chi connectivity index (χ1n) is 13.8. The maximum Gasteiger partial charge on any atom is 0.0460 e. The Kier molecular flexibility index (Phi) is 6.14. The average molecular weight is 525 g/mol. The van der Waals surface area contributed by atoms with Crippen LogP contribution in [0.3, 0.4) is 0 Å². The second-order valence-electron chi connectivity index (χ2n) is 10.2. The van der Waals surface area contributed by atoms with Crippen LogP contribution in [0.2, 0.25) is 0 Å². The summed E-state index contributed by atoms with van der Waals surface area (Å²) in [6, 6.07) is 45.1. The van der Waals surface area contributed by atoms with E-state index in [0.717, 1.165) is 33.2 Å². The highest BCUT2D eigenvalue weighted by Crippen LogP contribution is 2.46. The number of rotatable bonds is 6. The predicted octanol–water partition coefficient (Wildman–Crippen LogP) is 10.6. The minimum atomic E-state index is 0.833. The van der Waals surface area contributed by atoms with Crippen molar-refractivity contribution in [3.8, 4) is 22.3 Å². The van der Waals surface area contributed by atoms with Crippen LogP contribution in [0.4, 0.5) is 0 Å². The largest absolute Gasteiger partial charge is 0.361 e. The van der Waals surface area contributed by atoms with Gasteiger partial charge < -0.3 is 10.4 Å². The Bertz CT molecular complexity index is 2060. The SMILES string of the molecule is C=C/C(=C(\C=N)c1ccc(-c2c3ccccc3c(-c3ccccc3)c3ccccc23)c2ccccc12)c1ccc[nH]1. The summed E-state index contributed by atoms with van der Waals surface area (Å²) in [4.78, 5) is 3.28. The van der Waals surface area contributed by atoms with Gasteiger partial charge in [0.1, 0.15) is 0 Å². The van der Waals surface area contributed by atoms with Crippen LogP contribution in [0.15, 0.2) is 146 Å². The van der Waals surface area contributed by atoms with Gasteiger partial charge in [0, 0.05) is 29.3 Å². The molecule has 0 saturated carbocycles. The van der Waals surface area contributed by atoms with E-state index >= 15 is 0 Å². The quantitative estimate of drug-likeness (QED) is 0.123. The molecule has 41 heavy (non-hydrogen) atoms. The number of hydrogen-bond acceptors (Lipinski definition) is 1. The Labute approximate surface area is 239 Å². The van der Waals surface area contributed by atoms with E-state index in [1.54, 1.807) is 0 Å². The molecule has 194 valence electrons. The molecule has 0 aliphatic heterocycles. The molecule has 2 N–H and O–H groups in total. The van der Waals surface area contributed by atoms with Crippen LogP contribution in [0.25, 0.3) is 65.7 Å². The summed E-state index contributed by atoms with van der Waals surface area (Å²) in [5.41, 5.74) is 8.59. The Morgan fingerprint density at radius 1 is 0.537 bits per heavy atom. The summed E-state index contributed by atoms with van der Waals surface area (Å²) >= 11 is 0. The first-order valence-corrected chi connectivity index (χ1v) is 13.8. The van der Waals surface area contributed by atoms with Crippen molar-refractivity contribution in [2.24, 2.45) is 0 Å². The van der Waals surface area contributed by atoms with E-state index < -0.39 is 0 Å². The summed E-state index contributed by atoms with van der Waals surface area (Å²) in [5, 5.41) is 15.6. The van der Waals surface area contributed by atoms with Gasteiger partial charge >= 0.3 is 0 Å². The fourth-order valence-electron chi connectivity index (χ4n) is 6.25. The van der Waals surface area contributed by atoms with Crippen molar-refractivity contribution in [3.63, 3.8) is 0 Å². The molecule has 0 unspecified atom stereocenters. The van der Waals surface area contributed by atoms with Crippen LogP contribution in [0.5, 0.6) is 0 Å². The van der Waals surface area contributed by atoms with E-state index in [9.17, 15) is 0 Å². The van der Waals surface area contributed by atoms with Crippen LogP contribution in [0.1, 0.15) is 11.3 Å². The summed E-state index contributed by atoms with van der Waals surface area (Å²) < 4.78 is 0. The van der Waals surface area contributed by atoms with Gasteiger partial charge in [-0.15, -0.1) is 0 Å². The predicted molar refractivity (Wildman–Crippen MR) is 176 cm³/mol. The van der Waals surface area contributed by atoms with Gasteiger partial charge in [-0.25, -0.2) is 0 Å². The topological polar surface area (TPSA) is 39.6 Å². The monoisotopic (exact) mass is 524 g/mol. The van der Waals surface area contributed by atoms with E-state index in [-0.39, 0.29) is 0 Å². The molecule has 0 fully saturated rings. The summed E-state index contributed by atoms with van der Waals surface area (Å²) in [6.45, 7) is 4.08. The maximum absolute atomic E-state index is 8.40. The number of allylic oxidation sites excluding steroid dienone is 3. The van der Waals surface area contributed by atoms with Gasteiger partial charge in [-0.3, -0.25) is 0 Å². The van der Waals surface area contributed by atoms with Crippen molar-refractivity contribution >= 4 is 49.7 Å². The van der Waals surface area contributed by atoms with Crippen molar-refractivity contribution in [1.29, 1.82) is 5.41 Å². The van der Waals surface area contributed by atoms with Crippen molar-refractivity contribution < 1.29 is 0 Å². The molecule has 0 saturated heterocycles. The minimum Gasteiger partial charge on any atom is -0.361 e. The Hall–Kier alpha value is -5.47. The molecule has 2 nitrogen and oxygen atoms in total. The van der Waals surface area contributed by atoms with Gasteiger partial charge in [-0.1, -0.05) is 128 Å². The second kappa shape index (κ2) is 10.3. The van der Waals surface area contributed by atoms with Crippen LogP contribution in [-0.4, -0.2) is 11.2 Å². The van der Waals surface area contributed by atoms with Crippen molar-refractivity contribution in [2.75, 3.05) is 0 Å². The fraction of sp³-hybridized carbons (Fsp3) is 0. The number of aromatic nitrogens is 1. The standard InChI is InChI=1S/C39H28N2/c1-2-27(37-21-12-24-41-37)36(25-40)30-22-23-35(29-16-7-6-15-28(29)30)39-33-19-10-8-17-31(33)38(26-13-4-3-5-14-26)32-18-9-11-20-34(32)39/h2-25,40-41H,1H2/b36-27-,40-25?. The Morgan fingerprint density at radius 3 is 1.66 bits per heavy atom. The molecule has 0 aliphatic rings. The van der Waals surface area contributed by atoms with E-state index in [1.807, 2.05) is 24.4 Å². The molecule has 6 aromatic carbocycles. The van der Waals surface area contributed by atoms with Gasteiger partial charge in [-0.05, 0) is 72.3 Å². The van der Waals surface area contributed by atoms with E-state index in [2.05, 4.69) is 127 Å². The number of fused-ring (bicyclic) bond motifs is 3. The van der Waals surface area contributed by atoms with E-state index in [0.29, 0.717) is 0 Å². The number of H-pyrrole nitrogens is 1. The van der Waals surface area contributed by atoms with Gasteiger partial charge in [0.15, 0.2) is 0 Å². The number of nitrogens with one attached hydrogen (secondary N) is 2. The first-order chi connectivity index (χ1) is 20.3. The van der Waals surface area contributed by atoms with Gasteiger partial charge in [0.25, 0.3) is 0 Å². The zero-order chi connectivity index (χ0) is 27.8. The summed E-state index contributed by atoms with van der Waals surface area (Å²) in [7, 11) is 0. The highest BCUT2D eigenvalue weighted by Gasteiger charge is 2.19. The molecule has 0 radical (unpaired) electrons. The summed E-state index contributed by atoms with van der Waals surface area (Å²) in [5.74, 6) is 0. The zero-order valence-corrected chi connectivity index (χ0v) is 22.6. The molecule has 1 aromatic heterocycles. The average Bonchev–Trinajstić information content (AvgIpc) is 3.57. The highest BCUT2D eigenvalue weighted by molar-refractivity contribution is 6.27. The third-order valence-electron chi connectivity index (χ3n) is 8.00. The minimum absolute atomic E-state index is 0.833. The highest BCUT2D eigenvalue weighted by atomic mass is 14.7. The normalized spacial score (nSPS) is 12.0. The van der Waals surface area contributed by atoms with Crippen LogP contribution < -0.4 is 0 Å². The zero-order valence-electron chi connectivity index (χ0n) is 22.6. The van der Waals surface area contributed by atoms with Crippen molar-refractivity contribution in [1.82, 2.24) is 4.98 Å². The molecular formula is C39H28N2. The van der Waals surface area contributed by atoms with E-state index in [1.165, 1.54) is 50.0 Å². The molecule has 1 heterocycles. The van der Waals surface area contributed by atoms with Gasteiger partial charge in [0.05, 0.1) is 0 Å². The first kappa shape index (κ1) is 24.6. The molecule has 0 atom stereocenters. The summed E-state index contributed by atoms with van der Waals surface area (Å²) in [6.07, 6.45) is 5.17. The lowest BCUT2D eigenvalue weighted by Gasteiger charge is -2.20. The van der Waals surface area contributed by atoms with E-state index in [4.69, 9.17) is 5.41 Å². The smallest absolute Gasteiger partial charge is 0.0460 e. The molecule has 7 aromatic rings. The maximum atomic E-state index is 8.40. The number of hydrogen-bond donors (Lipinski definition) is 2. The lowest BCUT2D eigenvalue weighted by molar-refractivity contribution is 1.36. The molecule has 0 spiro atoms. The van der Waals surface area contributed by atoms with Crippen molar-refractivity contribution in [3.05, 3.63) is 158 Å². The van der Waals surface area contributed by atoms with Gasteiger partial charge in [0.2, 0.25) is 0 Å². The third-order valence-corrected chi connectivity index (χ3v) is 8.00. The molecule has 0 amide bonds. The van der Waals surface area contributed by atoms with Gasteiger partial charge in [-0.2, -0.15) is 0 Å². The second-order valence-corrected chi connectivity index (χ2v) is 10.2. The number of benzene rings is 6. The third kappa shape index (κ3) is 4.00. The number of aromatic amines is 1. The van der Waals surface area contributed by atoms with Crippen molar-refractivity contribution in [2.45, 2.75) is 0 Å². The van der Waals surface area contributed by atoms with Crippen LogP contribution in [-0.2, 0) is 0 Å².